The van der Waals surface area contributed by atoms with Crippen LogP contribution in [0.4, 0.5) is 4.39 Å². The summed E-state index contributed by atoms with van der Waals surface area (Å²) >= 11 is 0. The van der Waals surface area contributed by atoms with E-state index in [1.807, 2.05) is 25.1 Å². The first-order chi connectivity index (χ1) is 16.3. The van der Waals surface area contributed by atoms with Crippen LogP contribution >= 0.6 is 0 Å². The molecule has 0 amide bonds. The minimum Gasteiger partial charge on any atom is -0.299 e. The summed E-state index contributed by atoms with van der Waals surface area (Å²) < 4.78 is 13.1. The van der Waals surface area contributed by atoms with Crippen LogP contribution in [0.3, 0.4) is 0 Å². The van der Waals surface area contributed by atoms with E-state index in [1.54, 1.807) is 24.3 Å². The van der Waals surface area contributed by atoms with Gasteiger partial charge in [-0.15, -0.1) is 0 Å². The highest BCUT2D eigenvalue weighted by atomic mass is 19.1. The molecular weight excluding hydrogens is 425 g/mol. The molecule has 3 nitrogen and oxygen atoms in total. The van der Waals surface area contributed by atoms with Crippen LogP contribution in [-0.4, -0.2) is 29.6 Å². The number of carbonyl (C=O) groups is 2. The Kier molecular flexibility index (Phi) is 18.7. The molecule has 0 heterocycles. The molecule has 0 aliphatic heterocycles. The number of nitrogens with zero attached hydrogens (tertiary/aromatic N) is 1. The molecule has 0 fully saturated rings. The molecule has 0 aromatic heterocycles. The fourth-order valence-corrected chi connectivity index (χ4v) is 3.44. The highest BCUT2D eigenvalue weighted by molar-refractivity contribution is 6.43. The maximum absolute atomic E-state index is 13.1. The van der Waals surface area contributed by atoms with E-state index in [0.717, 1.165) is 37.2 Å². The summed E-state index contributed by atoms with van der Waals surface area (Å²) in [6, 6.07) is 14.0. The molecule has 0 spiro atoms. The number of benzene rings is 2. The van der Waals surface area contributed by atoms with Gasteiger partial charge in [-0.2, -0.15) is 0 Å². The summed E-state index contributed by atoms with van der Waals surface area (Å²) in [5.74, 6) is -0.954. The van der Waals surface area contributed by atoms with Gasteiger partial charge in [0.1, 0.15) is 5.82 Å². The fourth-order valence-electron chi connectivity index (χ4n) is 3.44. The topological polar surface area (TPSA) is 37.4 Å². The summed E-state index contributed by atoms with van der Waals surface area (Å²) in [7, 11) is 0. The highest BCUT2D eigenvalue weighted by Gasteiger charge is 2.12. The molecule has 34 heavy (non-hydrogen) atoms. The lowest BCUT2D eigenvalue weighted by Crippen LogP contribution is -2.25. The molecule has 4 heteroatoms. The van der Waals surface area contributed by atoms with Crippen LogP contribution in [0, 0.1) is 12.7 Å². The summed E-state index contributed by atoms with van der Waals surface area (Å²) in [5.41, 5.74) is 2.43. The number of rotatable bonds is 12. The molecule has 2 aromatic carbocycles. The second-order valence-electron chi connectivity index (χ2n) is 8.67. The fraction of sp³-hybridized carbons (Fsp3) is 0.533. The quantitative estimate of drug-likeness (QED) is 0.178. The van der Waals surface area contributed by atoms with Crippen molar-refractivity contribution >= 4 is 11.6 Å². The number of ketones is 2. The largest absolute Gasteiger partial charge is 0.299 e. The molecule has 0 aliphatic rings. The first kappa shape index (κ1) is 31.7. The Balaban J connectivity index is 0.000000556. The van der Waals surface area contributed by atoms with Crippen LogP contribution in [0.1, 0.15) is 101 Å². The molecule has 2 rings (SSSR count). The average Bonchev–Trinajstić information content (AvgIpc) is 2.80. The van der Waals surface area contributed by atoms with Crippen LogP contribution < -0.4 is 0 Å². The van der Waals surface area contributed by atoms with Gasteiger partial charge in [-0.25, -0.2) is 4.39 Å². The monoisotopic (exact) mass is 471 g/mol. The van der Waals surface area contributed by atoms with Crippen LogP contribution in [0.5, 0.6) is 0 Å². The first-order valence-corrected chi connectivity index (χ1v) is 12.9. The van der Waals surface area contributed by atoms with Crippen LogP contribution in [-0.2, 0) is 11.3 Å². The third-order valence-corrected chi connectivity index (χ3v) is 5.33. The number of Topliss-reactive ketones (excluding diaryl/α,β-unsaturated/α-hetero) is 2. The second-order valence-corrected chi connectivity index (χ2v) is 8.67. The molecule has 0 saturated heterocycles. The zero-order chi connectivity index (χ0) is 25.8. The Morgan fingerprint density at radius 1 is 0.794 bits per heavy atom. The average molecular weight is 472 g/mol. The van der Waals surface area contributed by atoms with E-state index in [4.69, 9.17) is 0 Å². The van der Waals surface area contributed by atoms with Gasteiger partial charge in [0.2, 0.25) is 5.78 Å². The highest BCUT2D eigenvalue weighted by Crippen LogP contribution is 2.10. The minimum absolute atomic E-state index is 0.132. The van der Waals surface area contributed by atoms with E-state index < -0.39 is 11.6 Å². The molecule has 0 radical (unpaired) electrons. The number of carbonyl (C=O) groups excluding carboxylic acids is 2. The Hall–Kier alpha value is -2.33. The van der Waals surface area contributed by atoms with Gasteiger partial charge < -0.3 is 0 Å². The SMILES string of the molecule is CC(=O)C(=O)c1ccccc1C.CCCCC.CCCCCN(CCC)Cc1cccc(F)c1. The number of hydrogen-bond donors (Lipinski definition) is 0. The lowest BCUT2D eigenvalue weighted by molar-refractivity contribution is -0.113. The maximum atomic E-state index is 13.1. The third-order valence-electron chi connectivity index (χ3n) is 5.33. The van der Waals surface area contributed by atoms with E-state index in [2.05, 4.69) is 32.6 Å². The van der Waals surface area contributed by atoms with Crippen LogP contribution in [0.15, 0.2) is 48.5 Å². The van der Waals surface area contributed by atoms with E-state index in [1.165, 1.54) is 51.5 Å². The minimum atomic E-state index is -0.413. The second kappa shape index (κ2) is 20.1. The molecule has 0 atom stereocenters. The van der Waals surface area contributed by atoms with Gasteiger partial charge >= 0.3 is 0 Å². The molecule has 2 aromatic rings. The smallest absolute Gasteiger partial charge is 0.228 e. The lowest BCUT2D eigenvalue weighted by atomic mass is 10.0. The van der Waals surface area contributed by atoms with Gasteiger partial charge in [0, 0.05) is 19.0 Å². The van der Waals surface area contributed by atoms with Crippen LogP contribution in [0.25, 0.3) is 0 Å². The zero-order valence-electron chi connectivity index (χ0n) is 22.3. The van der Waals surface area contributed by atoms with Crippen molar-refractivity contribution in [3.8, 4) is 0 Å². The Labute approximate surface area is 207 Å². The maximum Gasteiger partial charge on any atom is 0.228 e. The van der Waals surface area contributed by atoms with Crippen molar-refractivity contribution in [2.24, 2.45) is 0 Å². The van der Waals surface area contributed by atoms with Gasteiger partial charge in [0.15, 0.2) is 5.78 Å². The van der Waals surface area contributed by atoms with Crippen molar-refractivity contribution < 1.29 is 14.0 Å². The standard InChI is InChI=1S/C15H24FN.C10H10O2.C5H12/c1-3-5-6-11-17(10-4-2)13-14-8-7-9-15(16)12-14;1-7-5-3-4-6-9(7)10(12)8(2)11;1-3-5-4-2/h7-9,12H,3-6,10-11,13H2,1-2H3;3-6H,1-2H3;3-5H2,1-2H3. The van der Waals surface area contributed by atoms with E-state index in [9.17, 15) is 14.0 Å². The van der Waals surface area contributed by atoms with Crippen molar-refractivity contribution in [3.05, 3.63) is 71.0 Å². The summed E-state index contributed by atoms with van der Waals surface area (Å²) in [4.78, 5) is 24.4. The third kappa shape index (κ3) is 14.7. The van der Waals surface area contributed by atoms with Crippen molar-refractivity contribution in [3.63, 3.8) is 0 Å². The summed E-state index contributed by atoms with van der Waals surface area (Å²) in [6.07, 6.45) is 9.00. The first-order valence-electron chi connectivity index (χ1n) is 12.9. The Morgan fingerprint density at radius 2 is 1.44 bits per heavy atom. The van der Waals surface area contributed by atoms with Crippen molar-refractivity contribution in [2.75, 3.05) is 13.1 Å². The number of hydrogen-bond acceptors (Lipinski definition) is 3. The van der Waals surface area contributed by atoms with Gasteiger partial charge in [-0.05, 0) is 56.1 Å². The molecule has 0 N–H and O–H groups in total. The number of aryl methyl sites for hydroxylation is 1. The molecular formula is C30H46FNO2. The van der Waals surface area contributed by atoms with Gasteiger partial charge in [0.05, 0.1) is 0 Å². The van der Waals surface area contributed by atoms with E-state index in [-0.39, 0.29) is 5.82 Å². The normalized spacial score (nSPS) is 10.1. The predicted octanol–water partition coefficient (Wildman–Crippen LogP) is 8.19. The summed E-state index contributed by atoms with van der Waals surface area (Å²) in [6.45, 7) is 15.0. The van der Waals surface area contributed by atoms with Gasteiger partial charge in [0.25, 0.3) is 0 Å². The van der Waals surface area contributed by atoms with Gasteiger partial charge in [-0.3, -0.25) is 14.5 Å². The summed E-state index contributed by atoms with van der Waals surface area (Å²) in [5, 5.41) is 0. The predicted molar refractivity (Wildman–Crippen MR) is 143 cm³/mol. The molecule has 0 saturated carbocycles. The van der Waals surface area contributed by atoms with Gasteiger partial charge in [-0.1, -0.05) is 96.2 Å². The number of unbranched alkanes of at least 4 members (excludes halogenated alkanes) is 4. The molecule has 0 unspecified atom stereocenters. The Bertz CT molecular complexity index is 817. The van der Waals surface area contributed by atoms with Crippen molar-refractivity contribution in [1.82, 2.24) is 4.90 Å². The Morgan fingerprint density at radius 3 is 1.94 bits per heavy atom. The molecule has 0 aliphatic carbocycles. The zero-order valence-corrected chi connectivity index (χ0v) is 22.3. The van der Waals surface area contributed by atoms with E-state index in [0.29, 0.717) is 5.56 Å². The van der Waals surface area contributed by atoms with Crippen molar-refractivity contribution in [2.45, 2.75) is 93.0 Å². The van der Waals surface area contributed by atoms with E-state index >= 15 is 0 Å². The van der Waals surface area contributed by atoms with Crippen LogP contribution in [0.2, 0.25) is 0 Å². The number of halogens is 1. The van der Waals surface area contributed by atoms with Crippen molar-refractivity contribution in [1.29, 1.82) is 0 Å². The molecule has 190 valence electrons. The molecule has 0 bridgehead atoms. The lowest BCUT2D eigenvalue weighted by Gasteiger charge is -2.21.